The molecule has 0 aliphatic carbocycles. The van der Waals surface area contributed by atoms with Crippen molar-refractivity contribution in [1.82, 2.24) is 4.90 Å². The Morgan fingerprint density at radius 1 is 1.07 bits per heavy atom. The van der Waals surface area contributed by atoms with Gasteiger partial charge in [-0.15, -0.1) is 0 Å². The third kappa shape index (κ3) is 4.52. The van der Waals surface area contributed by atoms with Gasteiger partial charge in [0.25, 0.3) is 15.9 Å². The van der Waals surface area contributed by atoms with Crippen LogP contribution in [0.15, 0.2) is 76.2 Å². The molecule has 1 N–H and O–H groups in total. The summed E-state index contributed by atoms with van der Waals surface area (Å²) in [6.45, 7) is 0.345. The Hall–Kier alpha value is -3.26. The molecule has 0 atom stereocenters. The van der Waals surface area contributed by atoms with E-state index in [9.17, 15) is 13.2 Å². The average Bonchev–Trinajstić information content (AvgIpc) is 3.21. The summed E-state index contributed by atoms with van der Waals surface area (Å²) in [5, 5.41) is 0. The molecule has 0 saturated heterocycles. The molecule has 1 amide bonds. The zero-order chi connectivity index (χ0) is 20.1. The fraction of sp³-hybridized carbons (Fsp3) is 0.150. The molecule has 0 radical (unpaired) electrons. The van der Waals surface area contributed by atoms with Crippen molar-refractivity contribution in [3.63, 3.8) is 0 Å². The molecular weight excluding hydrogens is 380 g/mol. The first-order valence-corrected chi connectivity index (χ1v) is 9.92. The minimum Gasteiger partial charge on any atom is -0.497 e. The molecule has 28 heavy (non-hydrogen) atoms. The molecule has 0 aliphatic heterocycles. The number of nitrogens with one attached hydrogen (secondary N) is 1. The van der Waals surface area contributed by atoms with Crippen molar-refractivity contribution < 1.29 is 22.4 Å². The number of hydrogen-bond donors (Lipinski definition) is 1. The minimum atomic E-state index is -3.74. The summed E-state index contributed by atoms with van der Waals surface area (Å²) in [5.74, 6) is 1.06. The lowest BCUT2D eigenvalue weighted by molar-refractivity contribution is 0.0775. The second-order valence-corrected chi connectivity index (χ2v) is 7.78. The molecule has 7 nitrogen and oxygen atoms in total. The van der Waals surface area contributed by atoms with E-state index in [2.05, 4.69) is 4.72 Å². The standard InChI is InChI=1S/C20H20N2O5S/c1-22(14-18-4-3-13-27-18)20(23)15-5-7-16(8-6-15)21-28(24,25)19-11-9-17(26-2)10-12-19/h3-13,21H,14H2,1-2H3. The van der Waals surface area contributed by atoms with Crippen LogP contribution in [0.2, 0.25) is 0 Å². The van der Waals surface area contributed by atoms with E-state index in [0.717, 1.165) is 0 Å². The van der Waals surface area contributed by atoms with E-state index in [0.29, 0.717) is 29.3 Å². The van der Waals surface area contributed by atoms with Crippen LogP contribution in [0.5, 0.6) is 5.75 Å². The summed E-state index contributed by atoms with van der Waals surface area (Å²) >= 11 is 0. The van der Waals surface area contributed by atoms with Gasteiger partial charge in [-0.2, -0.15) is 0 Å². The predicted octanol–water partition coefficient (Wildman–Crippen LogP) is 3.36. The first-order valence-electron chi connectivity index (χ1n) is 8.44. The Bertz CT molecular complexity index is 1030. The van der Waals surface area contributed by atoms with Crippen molar-refractivity contribution in [3.8, 4) is 5.75 Å². The summed E-state index contributed by atoms with van der Waals surface area (Å²) < 4.78 is 37.7. The summed E-state index contributed by atoms with van der Waals surface area (Å²) in [5.41, 5.74) is 0.808. The van der Waals surface area contributed by atoms with Gasteiger partial charge in [0.2, 0.25) is 0 Å². The van der Waals surface area contributed by atoms with Crippen LogP contribution in [-0.4, -0.2) is 33.4 Å². The van der Waals surface area contributed by atoms with Crippen LogP contribution in [0.25, 0.3) is 0 Å². The fourth-order valence-electron chi connectivity index (χ4n) is 2.58. The second-order valence-electron chi connectivity index (χ2n) is 6.10. The van der Waals surface area contributed by atoms with Crippen LogP contribution in [0.4, 0.5) is 5.69 Å². The quantitative estimate of drug-likeness (QED) is 0.657. The second kappa shape index (κ2) is 8.18. The largest absolute Gasteiger partial charge is 0.497 e. The fourth-order valence-corrected chi connectivity index (χ4v) is 3.64. The van der Waals surface area contributed by atoms with E-state index in [1.165, 1.54) is 24.1 Å². The van der Waals surface area contributed by atoms with E-state index in [1.54, 1.807) is 61.8 Å². The van der Waals surface area contributed by atoms with E-state index in [-0.39, 0.29) is 10.8 Å². The van der Waals surface area contributed by atoms with Crippen molar-refractivity contribution in [3.05, 3.63) is 78.3 Å². The Labute approximate surface area is 163 Å². The molecule has 0 saturated carbocycles. The summed E-state index contributed by atoms with van der Waals surface area (Å²) in [6, 6.07) is 15.9. The van der Waals surface area contributed by atoms with Gasteiger partial charge in [-0.3, -0.25) is 9.52 Å². The lowest BCUT2D eigenvalue weighted by atomic mass is 10.2. The van der Waals surface area contributed by atoms with Crippen LogP contribution in [0, 0.1) is 0 Å². The number of ether oxygens (including phenoxy) is 1. The van der Waals surface area contributed by atoms with Gasteiger partial charge in [-0.05, 0) is 60.7 Å². The van der Waals surface area contributed by atoms with E-state index in [4.69, 9.17) is 9.15 Å². The van der Waals surface area contributed by atoms with Crippen LogP contribution < -0.4 is 9.46 Å². The maximum Gasteiger partial charge on any atom is 0.261 e. The van der Waals surface area contributed by atoms with Gasteiger partial charge in [0.1, 0.15) is 11.5 Å². The van der Waals surface area contributed by atoms with Crippen LogP contribution in [0.1, 0.15) is 16.1 Å². The first kappa shape index (κ1) is 19.5. The van der Waals surface area contributed by atoms with Gasteiger partial charge in [0, 0.05) is 18.3 Å². The van der Waals surface area contributed by atoms with Crippen molar-refractivity contribution >= 4 is 21.6 Å². The first-order chi connectivity index (χ1) is 13.4. The summed E-state index contributed by atoms with van der Waals surface area (Å²) in [7, 11) is -0.553. The average molecular weight is 400 g/mol. The molecule has 8 heteroatoms. The van der Waals surface area contributed by atoms with Crippen LogP contribution in [0.3, 0.4) is 0 Å². The van der Waals surface area contributed by atoms with Gasteiger partial charge in [-0.1, -0.05) is 0 Å². The third-order valence-corrected chi connectivity index (χ3v) is 5.47. The van der Waals surface area contributed by atoms with Gasteiger partial charge >= 0.3 is 0 Å². The molecule has 0 unspecified atom stereocenters. The van der Waals surface area contributed by atoms with Crippen molar-refractivity contribution in [1.29, 1.82) is 0 Å². The molecule has 0 fully saturated rings. The lowest BCUT2D eigenvalue weighted by Crippen LogP contribution is -2.26. The highest BCUT2D eigenvalue weighted by Gasteiger charge is 2.16. The monoisotopic (exact) mass is 400 g/mol. The number of rotatable bonds is 7. The lowest BCUT2D eigenvalue weighted by Gasteiger charge is -2.16. The Morgan fingerprint density at radius 2 is 1.75 bits per heavy atom. The number of carbonyl (C=O) groups excluding carboxylic acids is 1. The van der Waals surface area contributed by atoms with Gasteiger partial charge < -0.3 is 14.1 Å². The van der Waals surface area contributed by atoms with Crippen molar-refractivity contribution in [2.45, 2.75) is 11.4 Å². The highest BCUT2D eigenvalue weighted by Crippen LogP contribution is 2.20. The highest BCUT2D eigenvalue weighted by atomic mass is 32.2. The molecule has 1 heterocycles. The SMILES string of the molecule is COc1ccc(S(=O)(=O)Nc2ccc(C(=O)N(C)Cc3ccco3)cc2)cc1. The smallest absolute Gasteiger partial charge is 0.261 e. The van der Waals surface area contributed by atoms with E-state index in [1.807, 2.05) is 0 Å². The number of sulfonamides is 1. The molecule has 0 aliphatic rings. The molecule has 2 aromatic carbocycles. The van der Waals surface area contributed by atoms with Gasteiger partial charge in [-0.25, -0.2) is 8.42 Å². The number of nitrogens with zero attached hydrogens (tertiary/aromatic N) is 1. The molecule has 0 spiro atoms. The topological polar surface area (TPSA) is 88.8 Å². The number of methoxy groups -OCH3 is 1. The van der Waals surface area contributed by atoms with E-state index >= 15 is 0 Å². The predicted molar refractivity (Wildman–Crippen MR) is 105 cm³/mol. The number of benzene rings is 2. The molecule has 3 rings (SSSR count). The summed E-state index contributed by atoms with van der Waals surface area (Å²) in [4.78, 5) is 14.1. The summed E-state index contributed by atoms with van der Waals surface area (Å²) in [6.07, 6.45) is 1.55. The van der Waals surface area contributed by atoms with Crippen molar-refractivity contribution in [2.75, 3.05) is 18.9 Å². The third-order valence-electron chi connectivity index (χ3n) is 4.07. The Morgan fingerprint density at radius 3 is 2.32 bits per heavy atom. The van der Waals surface area contributed by atoms with Crippen molar-refractivity contribution in [2.24, 2.45) is 0 Å². The van der Waals surface area contributed by atoms with Crippen LogP contribution >= 0.6 is 0 Å². The number of amides is 1. The zero-order valence-corrected chi connectivity index (χ0v) is 16.3. The number of furan rings is 1. The number of hydrogen-bond acceptors (Lipinski definition) is 5. The van der Waals surface area contributed by atoms with Gasteiger partial charge in [0.15, 0.2) is 0 Å². The number of anilines is 1. The Kier molecular flexibility index (Phi) is 5.70. The molecular formula is C20H20N2O5S. The zero-order valence-electron chi connectivity index (χ0n) is 15.5. The minimum absolute atomic E-state index is 0.117. The van der Waals surface area contributed by atoms with Crippen LogP contribution in [-0.2, 0) is 16.6 Å². The maximum atomic E-state index is 12.5. The normalized spacial score (nSPS) is 11.1. The molecule has 146 valence electrons. The highest BCUT2D eigenvalue weighted by molar-refractivity contribution is 7.92. The number of carbonyl (C=O) groups is 1. The Balaban J connectivity index is 1.68. The van der Waals surface area contributed by atoms with Gasteiger partial charge in [0.05, 0.1) is 24.8 Å². The molecule has 0 bridgehead atoms. The maximum absolute atomic E-state index is 12.5. The van der Waals surface area contributed by atoms with E-state index < -0.39 is 10.0 Å². The molecule has 3 aromatic rings. The molecule has 1 aromatic heterocycles.